The number of likely N-dealkylation sites (N-methyl/N-ethyl adjacent to an activating group) is 1. The predicted octanol–water partition coefficient (Wildman–Crippen LogP) is 1.11. The van der Waals surface area contributed by atoms with Crippen LogP contribution in [0.25, 0.3) is 0 Å². The maximum absolute atomic E-state index is 12.9. The average molecular weight is 314 g/mol. The molecule has 2 aliphatic rings. The van der Waals surface area contributed by atoms with Crippen LogP contribution in [0, 0.1) is 0 Å². The molecule has 0 radical (unpaired) electrons. The fourth-order valence-electron chi connectivity index (χ4n) is 3.11. The van der Waals surface area contributed by atoms with Crippen LogP contribution >= 0.6 is 0 Å². The number of hydrogen-bond donors (Lipinski definition) is 0. The van der Waals surface area contributed by atoms with E-state index in [0.717, 1.165) is 18.7 Å². The Bertz CT molecular complexity index is 629. The van der Waals surface area contributed by atoms with Crippen molar-refractivity contribution >= 4 is 17.5 Å². The number of carbonyl (C=O) groups is 2. The third-order valence-electron chi connectivity index (χ3n) is 4.48. The van der Waals surface area contributed by atoms with Gasteiger partial charge in [-0.05, 0) is 12.6 Å². The normalized spacial score (nSPS) is 23.0. The van der Waals surface area contributed by atoms with Crippen LogP contribution in [-0.4, -0.2) is 66.1 Å². The molecule has 0 spiro atoms. The predicted molar refractivity (Wildman–Crippen MR) is 87.8 cm³/mol. The molecule has 1 fully saturated rings. The highest BCUT2D eigenvalue weighted by atomic mass is 16.2. The molecule has 2 heterocycles. The molecule has 0 aliphatic carbocycles. The van der Waals surface area contributed by atoms with Crippen LogP contribution in [0.3, 0.4) is 0 Å². The largest absolute Gasteiger partial charge is 0.328 e. The van der Waals surface area contributed by atoms with Gasteiger partial charge < -0.3 is 9.80 Å². The summed E-state index contributed by atoms with van der Waals surface area (Å²) in [7, 11) is 3.68. The SMILES string of the molecule is CN1CCN(C(=O)C2=NN(C)C(=O)CC2)[C@@H](c2ccccc2)C1. The topological polar surface area (TPSA) is 56.2 Å². The smallest absolute Gasteiger partial charge is 0.270 e. The number of piperazine rings is 1. The van der Waals surface area contributed by atoms with Gasteiger partial charge in [0, 0.05) is 39.5 Å². The van der Waals surface area contributed by atoms with Gasteiger partial charge >= 0.3 is 0 Å². The van der Waals surface area contributed by atoms with Gasteiger partial charge in [0.25, 0.3) is 5.91 Å². The minimum Gasteiger partial charge on any atom is -0.328 e. The van der Waals surface area contributed by atoms with Crippen LogP contribution in [0.1, 0.15) is 24.4 Å². The second kappa shape index (κ2) is 6.50. The molecule has 1 aromatic rings. The van der Waals surface area contributed by atoms with E-state index in [-0.39, 0.29) is 17.9 Å². The quantitative estimate of drug-likeness (QED) is 0.822. The number of rotatable bonds is 2. The first-order valence-electron chi connectivity index (χ1n) is 7.95. The number of nitrogens with zero attached hydrogens (tertiary/aromatic N) is 4. The van der Waals surface area contributed by atoms with Gasteiger partial charge in [0.2, 0.25) is 5.91 Å². The zero-order chi connectivity index (χ0) is 16.4. The molecule has 23 heavy (non-hydrogen) atoms. The molecule has 122 valence electrons. The van der Waals surface area contributed by atoms with E-state index in [1.165, 1.54) is 5.01 Å². The molecule has 0 saturated carbocycles. The first-order chi connectivity index (χ1) is 11.1. The van der Waals surface area contributed by atoms with E-state index in [1.807, 2.05) is 23.1 Å². The van der Waals surface area contributed by atoms with E-state index in [2.05, 4.69) is 29.2 Å². The lowest BCUT2D eigenvalue weighted by Crippen LogP contribution is -2.52. The van der Waals surface area contributed by atoms with Gasteiger partial charge in [0.15, 0.2) is 0 Å². The van der Waals surface area contributed by atoms with Crippen LogP contribution in [-0.2, 0) is 9.59 Å². The van der Waals surface area contributed by atoms with Crippen molar-refractivity contribution in [2.75, 3.05) is 33.7 Å². The zero-order valence-electron chi connectivity index (χ0n) is 13.6. The first-order valence-corrected chi connectivity index (χ1v) is 7.95. The Morgan fingerprint density at radius 3 is 2.57 bits per heavy atom. The van der Waals surface area contributed by atoms with Crippen molar-refractivity contribution in [3.63, 3.8) is 0 Å². The highest BCUT2D eigenvalue weighted by Gasteiger charge is 2.34. The molecule has 6 heteroatoms. The Labute approximate surface area is 136 Å². The molecule has 0 aromatic heterocycles. The number of carbonyl (C=O) groups excluding carboxylic acids is 2. The second-order valence-corrected chi connectivity index (χ2v) is 6.15. The third kappa shape index (κ3) is 3.27. The molecule has 0 unspecified atom stereocenters. The average Bonchev–Trinajstić information content (AvgIpc) is 2.57. The van der Waals surface area contributed by atoms with Gasteiger partial charge in [-0.2, -0.15) is 5.10 Å². The van der Waals surface area contributed by atoms with E-state index in [9.17, 15) is 9.59 Å². The second-order valence-electron chi connectivity index (χ2n) is 6.15. The molecule has 1 aromatic carbocycles. The first kappa shape index (κ1) is 15.7. The number of hydrogen-bond acceptors (Lipinski definition) is 4. The van der Waals surface area contributed by atoms with Crippen molar-refractivity contribution in [2.24, 2.45) is 5.10 Å². The van der Waals surface area contributed by atoms with Gasteiger partial charge in [-0.3, -0.25) is 9.59 Å². The summed E-state index contributed by atoms with van der Waals surface area (Å²) in [6, 6.07) is 10.1. The van der Waals surface area contributed by atoms with Crippen molar-refractivity contribution in [1.82, 2.24) is 14.8 Å². The monoisotopic (exact) mass is 314 g/mol. The lowest BCUT2D eigenvalue weighted by atomic mass is 10.0. The molecule has 1 saturated heterocycles. The Balaban J connectivity index is 1.85. The van der Waals surface area contributed by atoms with Crippen molar-refractivity contribution in [3.05, 3.63) is 35.9 Å². The Morgan fingerprint density at radius 1 is 1.13 bits per heavy atom. The molecule has 2 amide bonds. The van der Waals surface area contributed by atoms with Crippen molar-refractivity contribution in [1.29, 1.82) is 0 Å². The Hall–Kier alpha value is -2.21. The minimum atomic E-state index is -0.0497. The summed E-state index contributed by atoms with van der Waals surface area (Å²) in [5.41, 5.74) is 1.62. The summed E-state index contributed by atoms with van der Waals surface area (Å²) in [6.07, 6.45) is 0.778. The summed E-state index contributed by atoms with van der Waals surface area (Å²) in [6.45, 7) is 2.32. The fraction of sp³-hybridized carbons (Fsp3) is 0.471. The van der Waals surface area contributed by atoms with E-state index < -0.39 is 0 Å². The summed E-state index contributed by atoms with van der Waals surface area (Å²) in [4.78, 5) is 28.6. The van der Waals surface area contributed by atoms with Gasteiger partial charge in [-0.1, -0.05) is 30.3 Å². The molecule has 1 atom stereocenters. The van der Waals surface area contributed by atoms with Crippen molar-refractivity contribution in [3.8, 4) is 0 Å². The van der Waals surface area contributed by atoms with Crippen LogP contribution in [0.4, 0.5) is 0 Å². The number of benzene rings is 1. The molecule has 3 rings (SSSR count). The molecule has 0 N–H and O–H groups in total. The third-order valence-corrected chi connectivity index (χ3v) is 4.48. The Kier molecular flexibility index (Phi) is 4.43. The molecule has 0 bridgehead atoms. The minimum absolute atomic E-state index is 0.0214. The molecular formula is C17H22N4O2. The zero-order valence-corrected chi connectivity index (χ0v) is 13.6. The summed E-state index contributed by atoms with van der Waals surface area (Å²) >= 11 is 0. The maximum atomic E-state index is 12.9. The lowest BCUT2D eigenvalue weighted by Gasteiger charge is -2.40. The lowest BCUT2D eigenvalue weighted by molar-refractivity contribution is -0.131. The van der Waals surface area contributed by atoms with Gasteiger partial charge in [-0.15, -0.1) is 0 Å². The van der Waals surface area contributed by atoms with Crippen molar-refractivity contribution in [2.45, 2.75) is 18.9 Å². The van der Waals surface area contributed by atoms with Gasteiger partial charge in [0.1, 0.15) is 5.71 Å². The number of hydrazone groups is 1. The maximum Gasteiger partial charge on any atom is 0.270 e. The van der Waals surface area contributed by atoms with E-state index in [0.29, 0.717) is 25.1 Å². The summed E-state index contributed by atoms with van der Waals surface area (Å²) in [5.74, 6) is -0.0918. The van der Waals surface area contributed by atoms with Crippen LogP contribution in [0.15, 0.2) is 35.4 Å². The standard InChI is InChI=1S/C17H22N4O2/c1-19-10-11-21(15(12-19)13-6-4-3-5-7-13)17(23)14-8-9-16(22)20(2)18-14/h3-7,15H,8-12H2,1-2H3/t15-/m1/s1. The highest BCUT2D eigenvalue weighted by Crippen LogP contribution is 2.26. The van der Waals surface area contributed by atoms with Gasteiger partial charge in [-0.25, -0.2) is 5.01 Å². The number of amides is 2. The fourth-order valence-corrected chi connectivity index (χ4v) is 3.11. The molecule has 2 aliphatic heterocycles. The van der Waals surface area contributed by atoms with Crippen LogP contribution in [0.5, 0.6) is 0 Å². The van der Waals surface area contributed by atoms with Gasteiger partial charge in [0.05, 0.1) is 6.04 Å². The highest BCUT2D eigenvalue weighted by molar-refractivity contribution is 6.39. The van der Waals surface area contributed by atoms with Crippen LogP contribution < -0.4 is 0 Å². The van der Waals surface area contributed by atoms with Crippen LogP contribution in [0.2, 0.25) is 0 Å². The Morgan fingerprint density at radius 2 is 1.87 bits per heavy atom. The van der Waals surface area contributed by atoms with E-state index in [1.54, 1.807) is 7.05 Å². The summed E-state index contributed by atoms with van der Waals surface area (Å²) < 4.78 is 0. The molecular weight excluding hydrogens is 292 g/mol. The molecule has 6 nitrogen and oxygen atoms in total. The van der Waals surface area contributed by atoms with Crippen molar-refractivity contribution < 1.29 is 9.59 Å². The van der Waals surface area contributed by atoms with E-state index in [4.69, 9.17) is 0 Å². The van der Waals surface area contributed by atoms with E-state index >= 15 is 0 Å². The summed E-state index contributed by atoms with van der Waals surface area (Å²) in [5, 5.41) is 5.46.